The third-order valence-corrected chi connectivity index (χ3v) is 7.18. The van der Waals surface area contributed by atoms with Crippen LogP contribution < -0.4 is 15.5 Å². The summed E-state index contributed by atoms with van der Waals surface area (Å²) in [5.41, 5.74) is 1.18. The van der Waals surface area contributed by atoms with Crippen molar-refractivity contribution in [2.75, 3.05) is 50.9 Å². The Kier molecular flexibility index (Phi) is 9.61. The molecule has 3 rings (SSSR count). The summed E-state index contributed by atoms with van der Waals surface area (Å²) in [6.45, 7) is 6.07. The minimum absolute atomic E-state index is 0. The van der Waals surface area contributed by atoms with Crippen LogP contribution in [0.5, 0.6) is 0 Å². The van der Waals surface area contributed by atoms with Crippen LogP contribution in [-0.4, -0.2) is 75.7 Å². The topological polar surface area (TPSA) is 89.9 Å². The van der Waals surface area contributed by atoms with Crippen LogP contribution in [0.25, 0.3) is 0 Å². The molecule has 0 amide bonds. The van der Waals surface area contributed by atoms with Gasteiger partial charge in [-0.05, 0) is 50.2 Å². The van der Waals surface area contributed by atoms with Crippen LogP contribution in [-0.2, 0) is 10.0 Å². The van der Waals surface area contributed by atoms with Gasteiger partial charge in [-0.2, -0.15) is 0 Å². The zero-order valence-electron chi connectivity index (χ0n) is 18.2. The molecule has 30 heavy (non-hydrogen) atoms. The van der Waals surface area contributed by atoms with Crippen LogP contribution >= 0.6 is 24.0 Å². The van der Waals surface area contributed by atoms with Gasteiger partial charge in [0.05, 0.1) is 6.26 Å². The molecule has 2 aliphatic heterocycles. The van der Waals surface area contributed by atoms with E-state index >= 15 is 0 Å². The van der Waals surface area contributed by atoms with Gasteiger partial charge in [-0.1, -0.05) is 6.07 Å². The molecule has 2 saturated heterocycles. The second-order valence-corrected chi connectivity index (χ2v) is 10.1. The van der Waals surface area contributed by atoms with Gasteiger partial charge in [0.2, 0.25) is 10.0 Å². The zero-order chi connectivity index (χ0) is 20.9. The number of halogens is 1. The highest BCUT2D eigenvalue weighted by molar-refractivity contribution is 14.0. The lowest BCUT2D eigenvalue weighted by atomic mass is 9.98. The molecule has 0 saturated carbocycles. The lowest BCUT2D eigenvalue weighted by Gasteiger charge is -2.34. The van der Waals surface area contributed by atoms with Crippen molar-refractivity contribution < 1.29 is 8.42 Å². The van der Waals surface area contributed by atoms with E-state index in [4.69, 9.17) is 0 Å². The summed E-state index contributed by atoms with van der Waals surface area (Å²) in [6, 6.07) is 4.60. The SMILES string of the molecule is CN=C(NCC1CCN(S(C)(=O)=O)CC1)NC1CCN(c2ccc(C)cn2)CC1.I. The van der Waals surface area contributed by atoms with E-state index in [0.29, 0.717) is 25.0 Å². The molecule has 0 radical (unpaired) electrons. The molecule has 0 aliphatic carbocycles. The van der Waals surface area contributed by atoms with Crippen molar-refractivity contribution in [1.82, 2.24) is 19.9 Å². The summed E-state index contributed by atoms with van der Waals surface area (Å²) < 4.78 is 24.8. The van der Waals surface area contributed by atoms with Gasteiger partial charge >= 0.3 is 0 Å². The number of sulfonamides is 1. The van der Waals surface area contributed by atoms with Crippen molar-refractivity contribution >= 4 is 45.8 Å². The first-order valence-electron chi connectivity index (χ1n) is 10.4. The zero-order valence-corrected chi connectivity index (χ0v) is 21.3. The number of anilines is 1. The van der Waals surface area contributed by atoms with Gasteiger partial charge in [-0.25, -0.2) is 17.7 Å². The van der Waals surface area contributed by atoms with Gasteiger partial charge in [0.1, 0.15) is 5.82 Å². The molecule has 0 spiro atoms. The van der Waals surface area contributed by atoms with Crippen molar-refractivity contribution in [3.05, 3.63) is 23.9 Å². The minimum Gasteiger partial charge on any atom is -0.356 e. The number of aryl methyl sites for hydroxylation is 1. The lowest BCUT2D eigenvalue weighted by Crippen LogP contribution is -2.50. The molecule has 1 aromatic rings. The Balaban J connectivity index is 0.00000320. The third-order valence-electron chi connectivity index (χ3n) is 5.88. The van der Waals surface area contributed by atoms with Gasteiger partial charge in [0, 0.05) is 52.0 Å². The number of aliphatic imine (C=N–C) groups is 1. The number of piperidine rings is 2. The molecule has 0 atom stereocenters. The summed E-state index contributed by atoms with van der Waals surface area (Å²) in [6.07, 6.45) is 7.08. The van der Waals surface area contributed by atoms with Gasteiger partial charge in [0.15, 0.2) is 5.96 Å². The van der Waals surface area contributed by atoms with Gasteiger partial charge in [0.25, 0.3) is 0 Å². The fraction of sp³-hybridized carbons (Fsp3) is 0.700. The van der Waals surface area contributed by atoms with Crippen LogP contribution in [0.1, 0.15) is 31.2 Å². The monoisotopic (exact) mass is 550 g/mol. The highest BCUT2D eigenvalue weighted by Gasteiger charge is 2.25. The first kappa shape index (κ1) is 25.1. The Morgan fingerprint density at radius 2 is 1.83 bits per heavy atom. The van der Waals surface area contributed by atoms with Crippen LogP contribution in [0.4, 0.5) is 5.82 Å². The maximum absolute atomic E-state index is 11.6. The van der Waals surface area contributed by atoms with Crippen LogP contribution in [0.15, 0.2) is 23.3 Å². The lowest BCUT2D eigenvalue weighted by molar-refractivity contribution is 0.274. The van der Waals surface area contributed by atoms with E-state index in [9.17, 15) is 8.42 Å². The van der Waals surface area contributed by atoms with E-state index in [0.717, 1.165) is 57.1 Å². The number of rotatable bonds is 5. The fourth-order valence-electron chi connectivity index (χ4n) is 3.97. The Bertz CT molecular complexity index is 786. The molecule has 0 aromatic carbocycles. The van der Waals surface area contributed by atoms with Crippen molar-refractivity contribution in [2.24, 2.45) is 10.9 Å². The molecule has 8 nitrogen and oxygen atoms in total. The molecular weight excluding hydrogens is 515 g/mol. The van der Waals surface area contributed by atoms with E-state index in [-0.39, 0.29) is 24.0 Å². The smallest absolute Gasteiger partial charge is 0.211 e. The Labute approximate surface area is 198 Å². The summed E-state index contributed by atoms with van der Waals surface area (Å²) in [5, 5.41) is 6.98. The van der Waals surface area contributed by atoms with E-state index in [1.807, 2.05) is 6.20 Å². The Morgan fingerprint density at radius 1 is 1.17 bits per heavy atom. The molecule has 10 heteroatoms. The number of guanidine groups is 1. The predicted octanol–water partition coefficient (Wildman–Crippen LogP) is 1.81. The van der Waals surface area contributed by atoms with Crippen LogP contribution in [0.2, 0.25) is 0 Å². The molecule has 2 aliphatic rings. The van der Waals surface area contributed by atoms with Crippen LogP contribution in [0.3, 0.4) is 0 Å². The highest BCUT2D eigenvalue weighted by atomic mass is 127. The van der Waals surface area contributed by atoms with Gasteiger partial charge in [-0.15, -0.1) is 24.0 Å². The largest absolute Gasteiger partial charge is 0.356 e. The molecular formula is C20H35IN6O2S. The van der Waals surface area contributed by atoms with Crippen molar-refractivity contribution in [3.8, 4) is 0 Å². The minimum atomic E-state index is -3.06. The Hall–Kier alpha value is -1.14. The molecule has 2 fully saturated rings. The number of hydrogen-bond acceptors (Lipinski definition) is 5. The van der Waals surface area contributed by atoms with Gasteiger partial charge in [-0.3, -0.25) is 4.99 Å². The molecule has 0 unspecified atom stereocenters. The fourth-order valence-corrected chi connectivity index (χ4v) is 4.85. The molecule has 3 heterocycles. The first-order valence-corrected chi connectivity index (χ1v) is 12.3. The molecule has 170 valence electrons. The molecule has 2 N–H and O–H groups in total. The van der Waals surface area contributed by atoms with E-state index in [1.165, 1.54) is 11.8 Å². The standard InChI is InChI=1S/C20H34N6O2S.HI/c1-16-4-5-19(22-14-16)25-10-8-18(9-11-25)24-20(21-2)23-15-17-6-12-26(13-7-17)29(3,27)28;/h4-5,14,17-18H,6-13,15H2,1-3H3,(H2,21,23,24);1H. The summed E-state index contributed by atoms with van der Waals surface area (Å²) in [4.78, 5) is 11.2. The summed E-state index contributed by atoms with van der Waals surface area (Å²) in [5.74, 6) is 2.36. The Morgan fingerprint density at radius 3 is 2.37 bits per heavy atom. The number of nitrogens with one attached hydrogen (secondary N) is 2. The van der Waals surface area contributed by atoms with E-state index in [1.54, 1.807) is 11.4 Å². The van der Waals surface area contributed by atoms with Crippen molar-refractivity contribution in [1.29, 1.82) is 0 Å². The van der Waals surface area contributed by atoms with E-state index < -0.39 is 10.0 Å². The number of pyridine rings is 1. The number of hydrogen-bond donors (Lipinski definition) is 2. The maximum Gasteiger partial charge on any atom is 0.211 e. The average molecular weight is 551 g/mol. The average Bonchev–Trinajstić information content (AvgIpc) is 2.72. The predicted molar refractivity (Wildman–Crippen MR) is 133 cm³/mol. The van der Waals surface area contributed by atoms with Gasteiger partial charge < -0.3 is 15.5 Å². The highest BCUT2D eigenvalue weighted by Crippen LogP contribution is 2.19. The first-order chi connectivity index (χ1) is 13.8. The second-order valence-electron chi connectivity index (χ2n) is 8.16. The number of nitrogens with zero attached hydrogens (tertiary/aromatic N) is 4. The third kappa shape index (κ3) is 7.23. The van der Waals surface area contributed by atoms with E-state index in [2.05, 4.69) is 44.6 Å². The maximum atomic E-state index is 11.6. The normalized spacial score (nSPS) is 20.0. The second kappa shape index (κ2) is 11.5. The quantitative estimate of drug-likeness (QED) is 0.331. The summed E-state index contributed by atoms with van der Waals surface area (Å²) >= 11 is 0. The summed E-state index contributed by atoms with van der Waals surface area (Å²) in [7, 11) is -1.26. The molecule has 1 aromatic heterocycles. The van der Waals surface area contributed by atoms with Crippen molar-refractivity contribution in [2.45, 2.75) is 38.6 Å². The van der Waals surface area contributed by atoms with Crippen molar-refractivity contribution in [3.63, 3.8) is 0 Å². The van der Waals surface area contributed by atoms with Crippen LogP contribution in [0, 0.1) is 12.8 Å². The number of aromatic nitrogens is 1. The molecule has 0 bridgehead atoms.